The predicted octanol–water partition coefficient (Wildman–Crippen LogP) is 4.37. The summed E-state index contributed by atoms with van der Waals surface area (Å²) in [5.74, 6) is -1.40. The van der Waals surface area contributed by atoms with Crippen LogP contribution in [0.4, 0.5) is 10.2 Å². The van der Waals surface area contributed by atoms with E-state index in [1.165, 1.54) is 17.0 Å². The van der Waals surface area contributed by atoms with Crippen molar-refractivity contribution < 1.29 is 19.1 Å². The summed E-state index contributed by atoms with van der Waals surface area (Å²) in [6, 6.07) is 5.85. The topological polar surface area (TPSA) is 91.6 Å². The number of hydrogen-bond donors (Lipinski definition) is 1. The molecule has 0 aliphatic carbocycles. The largest absolute Gasteiger partial charge is 0.480 e. The highest BCUT2D eigenvalue weighted by Crippen LogP contribution is 2.32. The lowest BCUT2D eigenvalue weighted by atomic mass is 10.0. The van der Waals surface area contributed by atoms with Crippen LogP contribution in [0.1, 0.15) is 53.5 Å². The molecule has 2 aliphatic heterocycles. The molecule has 1 aromatic carbocycles. The quantitative estimate of drug-likeness (QED) is 0.573. The van der Waals surface area contributed by atoms with Crippen LogP contribution < -0.4 is 4.90 Å². The fourth-order valence-corrected chi connectivity index (χ4v) is 5.33. The second-order valence-corrected chi connectivity index (χ2v) is 9.74. The number of amides is 1. The Morgan fingerprint density at radius 3 is 2.51 bits per heavy atom. The first-order valence-corrected chi connectivity index (χ1v) is 12.2. The van der Waals surface area contributed by atoms with E-state index >= 15 is 4.39 Å². The highest BCUT2D eigenvalue weighted by atomic mass is 35.5. The van der Waals surface area contributed by atoms with Crippen LogP contribution in [0, 0.1) is 19.7 Å². The van der Waals surface area contributed by atoms with Gasteiger partial charge in [0.05, 0.1) is 33.5 Å². The molecule has 35 heavy (non-hydrogen) atoms. The average molecular weight is 500 g/mol. The lowest BCUT2D eigenvalue weighted by molar-refractivity contribution is -0.141. The van der Waals surface area contributed by atoms with Gasteiger partial charge >= 0.3 is 5.97 Å². The smallest absolute Gasteiger partial charge is 0.326 e. The number of fused-ring (bicyclic) bond motifs is 1. The van der Waals surface area contributed by atoms with Crippen LogP contribution in [-0.4, -0.2) is 62.3 Å². The number of rotatable bonds is 4. The van der Waals surface area contributed by atoms with E-state index in [4.69, 9.17) is 16.7 Å². The molecule has 1 atom stereocenters. The number of aryl methyl sites for hydroxylation is 2. The van der Waals surface area contributed by atoms with Crippen molar-refractivity contribution in [2.45, 2.75) is 51.6 Å². The van der Waals surface area contributed by atoms with Gasteiger partial charge in [0.15, 0.2) is 0 Å². The monoisotopic (exact) mass is 499 g/mol. The van der Waals surface area contributed by atoms with E-state index in [1.54, 1.807) is 0 Å². The van der Waals surface area contributed by atoms with Crippen molar-refractivity contribution >= 4 is 40.2 Å². The van der Waals surface area contributed by atoms with Gasteiger partial charge in [0.25, 0.3) is 5.91 Å². The summed E-state index contributed by atoms with van der Waals surface area (Å²) in [6.07, 6.45) is 2.60. The molecule has 0 saturated carbocycles. The van der Waals surface area contributed by atoms with Crippen LogP contribution in [0.3, 0.4) is 0 Å². The van der Waals surface area contributed by atoms with Crippen LogP contribution >= 0.6 is 11.6 Å². The normalized spacial score (nSPS) is 19.0. The van der Waals surface area contributed by atoms with Crippen LogP contribution in [-0.2, 0) is 4.79 Å². The number of aromatic nitrogens is 3. The summed E-state index contributed by atoms with van der Waals surface area (Å²) >= 11 is 6.11. The number of benzene rings is 1. The number of hydrogen-bond acceptors (Lipinski definition) is 5. The molecule has 4 heterocycles. The first-order valence-electron chi connectivity index (χ1n) is 11.8. The van der Waals surface area contributed by atoms with Gasteiger partial charge in [-0.25, -0.2) is 14.2 Å². The van der Waals surface area contributed by atoms with E-state index in [2.05, 4.69) is 9.88 Å². The zero-order chi connectivity index (χ0) is 24.9. The number of carbonyl (C=O) groups is 2. The second-order valence-electron chi connectivity index (χ2n) is 9.33. The molecule has 0 spiro atoms. The van der Waals surface area contributed by atoms with Crippen molar-refractivity contribution in [2.24, 2.45) is 0 Å². The van der Waals surface area contributed by atoms with Gasteiger partial charge in [0.2, 0.25) is 0 Å². The summed E-state index contributed by atoms with van der Waals surface area (Å²) in [4.78, 5) is 32.6. The highest BCUT2D eigenvalue weighted by molar-refractivity contribution is 6.31. The van der Waals surface area contributed by atoms with Crippen molar-refractivity contribution in [3.63, 3.8) is 0 Å². The summed E-state index contributed by atoms with van der Waals surface area (Å²) in [5.41, 5.74) is 2.05. The Balaban J connectivity index is 1.39. The number of halogens is 2. The van der Waals surface area contributed by atoms with E-state index in [9.17, 15) is 14.7 Å². The summed E-state index contributed by atoms with van der Waals surface area (Å²) < 4.78 is 17.1. The van der Waals surface area contributed by atoms with Gasteiger partial charge < -0.3 is 14.9 Å². The van der Waals surface area contributed by atoms with Crippen LogP contribution in [0.15, 0.2) is 24.3 Å². The zero-order valence-electron chi connectivity index (χ0n) is 19.7. The minimum absolute atomic E-state index is 0.0896. The van der Waals surface area contributed by atoms with E-state index in [1.807, 2.05) is 30.7 Å². The molecular weight excluding hydrogens is 473 g/mol. The highest BCUT2D eigenvalue weighted by Gasteiger charge is 2.36. The number of carbonyl (C=O) groups excluding carboxylic acids is 1. The Hall–Kier alpha value is -3.20. The molecule has 2 aliphatic rings. The molecule has 1 N–H and O–H groups in total. The third-order valence-corrected chi connectivity index (χ3v) is 7.55. The lowest BCUT2D eigenvalue weighted by Crippen LogP contribution is -2.40. The number of nitrogens with zero attached hydrogens (tertiary/aromatic N) is 5. The Morgan fingerprint density at radius 1 is 1.09 bits per heavy atom. The van der Waals surface area contributed by atoms with Gasteiger partial charge in [0.1, 0.15) is 17.7 Å². The second kappa shape index (κ2) is 9.11. The summed E-state index contributed by atoms with van der Waals surface area (Å²) in [5, 5.41) is 15.5. The zero-order valence-corrected chi connectivity index (χ0v) is 20.4. The molecule has 2 saturated heterocycles. The van der Waals surface area contributed by atoms with Gasteiger partial charge in [-0.15, -0.1) is 0 Å². The number of likely N-dealkylation sites (tertiary alicyclic amines) is 1. The van der Waals surface area contributed by atoms with Gasteiger partial charge in [-0.05, 0) is 57.7 Å². The van der Waals surface area contributed by atoms with Gasteiger partial charge in [-0.1, -0.05) is 11.6 Å². The maximum Gasteiger partial charge on any atom is 0.326 e. The Bertz CT molecular complexity index is 1320. The van der Waals surface area contributed by atoms with Crippen molar-refractivity contribution in [2.75, 3.05) is 24.5 Å². The molecule has 0 bridgehead atoms. The van der Waals surface area contributed by atoms with Crippen LogP contribution in [0.5, 0.6) is 0 Å². The Morgan fingerprint density at radius 2 is 1.83 bits per heavy atom. The number of aliphatic carboxylic acids is 1. The van der Waals surface area contributed by atoms with Crippen LogP contribution in [0.2, 0.25) is 5.02 Å². The third kappa shape index (κ3) is 4.22. The lowest BCUT2D eigenvalue weighted by Gasteiger charge is -2.33. The number of piperidine rings is 1. The predicted molar refractivity (Wildman–Crippen MR) is 131 cm³/mol. The Kier molecular flexibility index (Phi) is 6.13. The fourth-order valence-electron chi connectivity index (χ4n) is 5.22. The van der Waals surface area contributed by atoms with Crippen molar-refractivity contribution in [3.05, 3.63) is 52.1 Å². The molecule has 184 valence electrons. The van der Waals surface area contributed by atoms with Gasteiger partial charge in [-0.2, -0.15) is 5.10 Å². The van der Waals surface area contributed by atoms with E-state index in [0.717, 1.165) is 37.4 Å². The number of carboxylic acids is 1. The van der Waals surface area contributed by atoms with Crippen molar-refractivity contribution in [1.29, 1.82) is 0 Å². The first-order chi connectivity index (χ1) is 16.7. The molecule has 2 aromatic heterocycles. The van der Waals surface area contributed by atoms with Gasteiger partial charge in [0, 0.05) is 31.1 Å². The number of carboxylic acid groups (broad SMARTS) is 1. The molecule has 0 radical (unpaired) electrons. The van der Waals surface area contributed by atoms with E-state index < -0.39 is 23.7 Å². The standard InChI is InChI=1S/C25H27ClFN5O3/c1-14-17-12-18(24(33)31-9-3-4-21(31)25(34)35)20(27)13-22(17)32(29-14)16-7-10-30(11-8-16)23-6-5-19(26)15(2)28-23/h5-6,12-13,16,21H,3-4,7-11H2,1-2H3,(H,34,35)/t21-/m0/s1. The summed E-state index contributed by atoms with van der Waals surface area (Å²) in [7, 11) is 0. The molecule has 2 fully saturated rings. The molecule has 10 heteroatoms. The van der Waals surface area contributed by atoms with Crippen LogP contribution in [0.25, 0.3) is 10.9 Å². The average Bonchev–Trinajstić information content (AvgIpc) is 3.45. The number of anilines is 1. The van der Waals surface area contributed by atoms with E-state index in [-0.39, 0.29) is 11.6 Å². The number of pyridine rings is 1. The van der Waals surface area contributed by atoms with E-state index in [0.29, 0.717) is 41.0 Å². The Labute approximate surface area is 207 Å². The maximum atomic E-state index is 15.2. The maximum absolute atomic E-state index is 15.2. The fraction of sp³-hybridized carbons (Fsp3) is 0.440. The third-order valence-electron chi connectivity index (χ3n) is 7.15. The molecule has 1 amide bonds. The molecule has 8 nitrogen and oxygen atoms in total. The molecular formula is C25H27ClFN5O3. The first kappa shape index (κ1) is 23.5. The SMILES string of the molecule is Cc1nc(N2CCC(n3nc(C)c4cc(C(=O)N5CCC[C@H]5C(=O)O)c(F)cc43)CC2)ccc1Cl. The molecule has 3 aromatic rings. The van der Waals surface area contributed by atoms with Crippen molar-refractivity contribution in [3.8, 4) is 0 Å². The minimum Gasteiger partial charge on any atom is -0.480 e. The molecule has 0 unspecified atom stereocenters. The van der Waals surface area contributed by atoms with Gasteiger partial charge in [-0.3, -0.25) is 9.48 Å². The van der Waals surface area contributed by atoms with Crippen molar-refractivity contribution in [1.82, 2.24) is 19.7 Å². The minimum atomic E-state index is -1.06. The summed E-state index contributed by atoms with van der Waals surface area (Å²) in [6.45, 7) is 5.60. The molecule has 5 rings (SSSR count).